The molecule has 2 aromatic rings. The van der Waals surface area contributed by atoms with Crippen molar-refractivity contribution in [1.82, 2.24) is 9.88 Å². The summed E-state index contributed by atoms with van der Waals surface area (Å²) < 4.78 is 0. The normalized spacial score (nSPS) is 10.8. The van der Waals surface area contributed by atoms with Gasteiger partial charge in [0, 0.05) is 38.0 Å². The third-order valence-electron chi connectivity index (χ3n) is 3.94. The van der Waals surface area contributed by atoms with Crippen LogP contribution in [-0.2, 0) is 9.59 Å². The summed E-state index contributed by atoms with van der Waals surface area (Å²) in [6, 6.07) is 9.52. The second kappa shape index (κ2) is 8.43. The number of pyridine rings is 1. The van der Waals surface area contributed by atoms with Crippen molar-refractivity contribution in [2.24, 2.45) is 5.92 Å². The second-order valence-electron chi connectivity index (χ2n) is 6.37. The lowest BCUT2D eigenvalue weighted by molar-refractivity contribution is -0.129. The van der Waals surface area contributed by atoms with Crippen molar-refractivity contribution in [3.8, 4) is 0 Å². The molecule has 0 unspecified atom stereocenters. The third kappa shape index (κ3) is 5.05. The summed E-state index contributed by atoms with van der Waals surface area (Å²) in [7, 11) is 0. The number of fused-ring (bicyclic) bond motifs is 1. The largest absolute Gasteiger partial charge is 0.342 e. The van der Waals surface area contributed by atoms with E-state index in [4.69, 9.17) is 0 Å². The highest BCUT2D eigenvalue weighted by atomic mass is 16.2. The number of carbonyl (C=O) groups excluding carboxylic acids is 2. The number of nitrogens with one attached hydrogen (secondary N) is 1. The van der Waals surface area contributed by atoms with Gasteiger partial charge in [0.1, 0.15) is 0 Å². The van der Waals surface area contributed by atoms with Crippen LogP contribution in [0.2, 0.25) is 0 Å². The fourth-order valence-electron chi connectivity index (χ4n) is 2.50. The van der Waals surface area contributed by atoms with Crippen molar-refractivity contribution in [3.63, 3.8) is 0 Å². The molecule has 1 aromatic carbocycles. The number of aromatic nitrogens is 1. The number of nitrogens with zero attached hydrogens (tertiary/aromatic N) is 2. The zero-order valence-corrected chi connectivity index (χ0v) is 14.6. The fourth-order valence-corrected chi connectivity index (χ4v) is 2.50. The molecule has 1 heterocycles. The molecule has 5 nitrogen and oxygen atoms in total. The molecule has 2 amide bonds. The van der Waals surface area contributed by atoms with Crippen LogP contribution in [0.1, 0.15) is 33.6 Å². The number of anilines is 1. The smallest absolute Gasteiger partial charge is 0.226 e. The zero-order valence-electron chi connectivity index (χ0n) is 14.6. The van der Waals surface area contributed by atoms with Crippen molar-refractivity contribution in [1.29, 1.82) is 0 Å². The van der Waals surface area contributed by atoms with Crippen molar-refractivity contribution in [2.45, 2.75) is 33.6 Å². The summed E-state index contributed by atoms with van der Waals surface area (Å²) in [6.07, 6.45) is 2.93. The van der Waals surface area contributed by atoms with Crippen LogP contribution < -0.4 is 5.32 Å². The van der Waals surface area contributed by atoms with Gasteiger partial charge in [0.15, 0.2) is 0 Å². The zero-order chi connectivity index (χ0) is 17.5. The predicted molar refractivity (Wildman–Crippen MR) is 96.7 cm³/mol. The first-order valence-corrected chi connectivity index (χ1v) is 8.36. The Labute approximate surface area is 143 Å². The molecule has 0 saturated carbocycles. The van der Waals surface area contributed by atoms with E-state index in [-0.39, 0.29) is 18.2 Å². The third-order valence-corrected chi connectivity index (χ3v) is 3.94. The number of rotatable bonds is 7. The van der Waals surface area contributed by atoms with Gasteiger partial charge in [-0.2, -0.15) is 0 Å². The minimum absolute atomic E-state index is 0.00952. The van der Waals surface area contributed by atoms with Crippen LogP contribution in [0.3, 0.4) is 0 Å². The van der Waals surface area contributed by atoms with Gasteiger partial charge in [0.05, 0.1) is 11.2 Å². The first-order chi connectivity index (χ1) is 11.5. The maximum Gasteiger partial charge on any atom is 0.226 e. The lowest BCUT2D eigenvalue weighted by atomic mass is 10.1. The summed E-state index contributed by atoms with van der Waals surface area (Å²) in [6.45, 7) is 6.92. The van der Waals surface area contributed by atoms with Crippen LogP contribution in [0.15, 0.2) is 36.5 Å². The van der Waals surface area contributed by atoms with E-state index in [0.29, 0.717) is 24.7 Å². The number of amides is 2. The molecule has 0 aliphatic carbocycles. The van der Waals surface area contributed by atoms with Crippen LogP contribution in [0.25, 0.3) is 10.9 Å². The monoisotopic (exact) mass is 327 g/mol. The second-order valence-corrected chi connectivity index (χ2v) is 6.37. The highest BCUT2D eigenvalue weighted by Crippen LogP contribution is 2.20. The molecule has 0 bridgehead atoms. The fraction of sp³-hybridized carbons (Fsp3) is 0.421. The van der Waals surface area contributed by atoms with E-state index >= 15 is 0 Å². The molecule has 0 aliphatic heterocycles. The van der Waals surface area contributed by atoms with Gasteiger partial charge >= 0.3 is 0 Å². The quantitative estimate of drug-likeness (QED) is 0.847. The maximum atomic E-state index is 12.2. The van der Waals surface area contributed by atoms with Gasteiger partial charge in [-0.05, 0) is 24.5 Å². The highest BCUT2D eigenvalue weighted by molar-refractivity contribution is 6.00. The molecule has 0 radical (unpaired) electrons. The number of carbonyl (C=O) groups is 2. The van der Waals surface area contributed by atoms with Crippen LogP contribution in [0.4, 0.5) is 5.69 Å². The molecule has 0 atom stereocenters. The Balaban J connectivity index is 1.95. The van der Waals surface area contributed by atoms with Gasteiger partial charge in [-0.3, -0.25) is 14.6 Å². The maximum absolute atomic E-state index is 12.2. The standard InChI is InChI=1S/C19H25N3O2/c1-14(2)9-12-22(15(3)23)13-10-18(24)21-17-8-4-6-16-7-5-11-20-19(16)17/h4-8,11,14H,9-10,12-13H2,1-3H3,(H,21,24). The SMILES string of the molecule is CC(=O)N(CCC(=O)Nc1cccc2cccnc12)CCC(C)C. The van der Waals surface area contributed by atoms with Crippen LogP contribution in [-0.4, -0.2) is 34.8 Å². The summed E-state index contributed by atoms with van der Waals surface area (Å²) in [5.74, 6) is 0.432. The average Bonchev–Trinajstić information content (AvgIpc) is 2.54. The summed E-state index contributed by atoms with van der Waals surface area (Å²) in [5.41, 5.74) is 1.48. The van der Waals surface area contributed by atoms with E-state index in [0.717, 1.165) is 17.3 Å². The van der Waals surface area contributed by atoms with E-state index in [2.05, 4.69) is 24.1 Å². The molecule has 24 heavy (non-hydrogen) atoms. The minimum atomic E-state index is -0.107. The molecule has 2 rings (SSSR count). The van der Waals surface area contributed by atoms with E-state index < -0.39 is 0 Å². The molecule has 0 fully saturated rings. The van der Waals surface area contributed by atoms with Crippen molar-refractivity contribution in [2.75, 3.05) is 18.4 Å². The predicted octanol–water partition coefficient (Wildman–Crippen LogP) is 3.46. The van der Waals surface area contributed by atoms with Crippen LogP contribution >= 0.6 is 0 Å². The Bertz CT molecular complexity index is 707. The summed E-state index contributed by atoms with van der Waals surface area (Å²) in [4.78, 5) is 30.0. The van der Waals surface area contributed by atoms with Crippen molar-refractivity contribution < 1.29 is 9.59 Å². The van der Waals surface area contributed by atoms with Crippen LogP contribution in [0, 0.1) is 5.92 Å². The number of hydrogen-bond donors (Lipinski definition) is 1. The lowest BCUT2D eigenvalue weighted by Crippen LogP contribution is -2.33. The van der Waals surface area contributed by atoms with Crippen molar-refractivity contribution >= 4 is 28.4 Å². The Morgan fingerprint density at radius 1 is 1.17 bits per heavy atom. The highest BCUT2D eigenvalue weighted by Gasteiger charge is 2.12. The summed E-state index contributed by atoms with van der Waals surface area (Å²) in [5, 5.41) is 3.89. The van der Waals surface area contributed by atoms with Gasteiger partial charge in [-0.25, -0.2) is 0 Å². The van der Waals surface area contributed by atoms with Crippen LogP contribution in [0.5, 0.6) is 0 Å². The van der Waals surface area contributed by atoms with Crippen molar-refractivity contribution in [3.05, 3.63) is 36.5 Å². The van der Waals surface area contributed by atoms with Gasteiger partial charge in [0.25, 0.3) is 0 Å². The molecule has 128 valence electrons. The first-order valence-electron chi connectivity index (χ1n) is 8.36. The summed E-state index contributed by atoms with van der Waals surface area (Å²) >= 11 is 0. The number of hydrogen-bond acceptors (Lipinski definition) is 3. The number of benzene rings is 1. The Morgan fingerprint density at radius 3 is 2.62 bits per heavy atom. The Kier molecular flexibility index (Phi) is 6.29. The van der Waals surface area contributed by atoms with Gasteiger partial charge < -0.3 is 10.2 Å². The van der Waals surface area contributed by atoms with Gasteiger partial charge in [0.2, 0.25) is 11.8 Å². The molecular weight excluding hydrogens is 302 g/mol. The Hall–Kier alpha value is -2.43. The van der Waals surface area contributed by atoms with E-state index in [1.165, 1.54) is 0 Å². The number of para-hydroxylation sites is 1. The average molecular weight is 327 g/mol. The molecule has 1 aromatic heterocycles. The molecule has 0 aliphatic rings. The molecule has 0 spiro atoms. The first kappa shape index (κ1) is 17.9. The lowest BCUT2D eigenvalue weighted by Gasteiger charge is -2.21. The Morgan fingerprint density at radius 2 is 1.92 bits per heavy atom. The topological polar surface area (TPSA) is 62.3 Å². The van der Waals surface area contributed by atoms with Gasteiger partial charge in [-0.1, -0.05) is 32.0 Å². The van der Waals surface area contributed by atoms with E-state index in [1.807, 2.05) is 30.3 Å². The van der Waals surface area contributed by atoms with E-state index in [9.17, 15) is 9.59 Å². The van der Waals surface area contributed by atoms with Gasteiger partial charge in [-0.15, -0.1) is 0 Å². The molecule has 5 heteroatoms. The molecule has 1 N–H and O–H groups in total. The minimum Gasteiger partial charge on any atom is -0.342 e. The molecule has 0 saturated heterocycles. The van der Waals surface area contributed by atoms with E-state index in [1.54, 1.807) is 18.0 Å². The molecular formula is C19H25N3O2.